The van der Waals surface area contributed by atoms with Crippen molar-refractivity contribution in [1.29, 1.82) is 0 Å². The van der Waals surface area contributed by atoms with Gasteiger partial charge in [-0.2, -0.15) is 10.1 Å². The summed E-state index contributed by atoms with van der Waals surface area (Å²) in [6.07, 6.45) is 1.78. The van der Waals surface area contributed by atoms with Gasteiger partial charge in [-0.25, -0.2) is 4.68 Å². The van der Waals surface area contributed by atoms with E-state index in [1.54, 1.807) is 19.2 Å². The van der Waals surface area contributed by atoms with Crippen LogP contribution in [-0.4, -0.2) is 32.4 Å². The highest BCUT2D eigenvalue weighted by Gasteiger charge is 2.10. The van der Waals surface area contributed by atoms with Crippen LogP contribution in [0.15, 0.2) is 24.5 Å². The standard InChI is InChI=1S/C15H16N4O2/c1-11-7-12(5-3-4-6-20)9-13(8-11)14(21)18-15-16-10-17-19(15)2/h7-10,20H,4,6H2,1-2H3,(H,16,17,18,21). The van der Waals surface area contributed by atoms with Crippen LogP contribution in [0.25, 0.3) is 0 Å². The molecule has 1 aromatic carbocycles. The molecule has 2 aromatic rings. The van der Waals surface area contributed by atoms with Crippen LogP contribution in [0, 0.1) is 18.8 Å². The van der Waals surface area contributed by atoms with Gasteiger partial charge >= 0.3 is 0 Å². The van der Waals surface area contributed by atoms with Gasteiger partial charge < -0.3 is 5.11 Å². The monoisotopic (exact) mass is 284 g/mol. The topological polar surface area (TPSA) is 80.0 Å². The van der Waals surface area contributed by atoms with E-state index in [0.29, 0.717) is 17.9 Å². The van der Waals surface area contributed by atoms with E-state index in [0.717, 1.165) is 11.1 Å². The van der Waals surface area contributed by atoms with E-state index in [2.05, 4.69) is 27.2 Å². The number of hydrogen-bond acceptors (Lipinski definition) is 4. The molecule has 0 atom stereocenters. The van der Waals surface area contributed by atoms with Crippen molar-refractivity contribution >= 4 is 11.9 Å². The van der Waals surface area contributed by atoms with E-state index in [1.807, 2.05) is 13.0 Å². The second-order valence-electron chi connectivity index (χ2n) is 4.52. The Morgan fingerprint density at radius 2 is 2.24 bits per heavy atom. The number of hydrogen-bond donors (Lipinski definition) is 2. The van der Waals surface area contributed by atoms with Gasteiger partial charge in [0.1, 0.15) is 6.33 Å². The van der Waals surface area contributed by atoms with Gasteiger partial charge in [-0.3, -0.25) is 10.1 Å². The molecule has 0 bridgehead atoms. The van der Waals surface area contributed by atoms with E-state index in [4.69, 9.17) is 5.11 Å². The minimum Gasteiger partial charge on any atom is -0.395 e. The Morgan fingerprint density at radius 1 is 1.43 bits per heavy atom. The predicted octanol–water partition coefficient (Wildman–Crippen LogP) is 1.11. The second-order valence-corrected chi connectivity index (χ2v) is 4.52. The largest absolute Gasteiger partial charge is 0.395 e. The Kier molecular flexibility index (Phi) is 4.69. The number of aryl methyl sites for hydroxylation is 2. The molecule has 0 saturated carbocycles. The number of amides is 1. The minimum absolute atomic E-state index is 0.0261. The number of rotatable bonds is 3. The molecule has 1 heterocycles. The van der Waals surface area contributed by atoms with Gasteiger partial charge in [0.05, 0.1) is 6.61 Å². The quantitative estimate of drug-likeness (QED) is 0.827. The van der Waals surface area contributed by atoms with Gasteiger partial charge in [-0.05, 0) is 30.7 Å². The fourth-order valence-corrected chi connectivity index (χ4v) is 1.79. The zero-order valence-electron chi connectivity index (χ0n) is 11.9. The average molecular weight is 284 g/mol. The molecular weight excluding hydrogens is 268 g/mol. The molecule has 0 spiro atoms. The summed E-state index contributed by atoms with van der Waals surface area (Å²) in [5, 5.41) is 15.3. The molecule has 1 amide bonds. The Hall–Kier alpha value is -2.65. The van der Waals surface area contributed by atoms with Crippen molar-refractivity contribution < 1.29 is 9.90 Å². The number of nitrogens with zero attached hydrogens (tertiary/aromatic N) is 3. The molecule has 108 valence electrons. The van der Waals surface area contributed by atoms with Gasteiger partial charge in [0.2, 0.25) is 5.95 Å². The third-order valence-electron chi connectivity index (χ3n) is 2.75. The normalized spacial score (nSPS) is 9.86. The van der Waals surface area contributed by atoms with Crippen LogP contribution in [0.5, 0.6) is 0 Å². The molecule has 6 heteroatoms. The molecule has 0 fully saturated rings. The third-order valence-corrected chi connectivity index (χ3v) is 2.75. The summed E-state index contributed by atoms with van der Waals surface area (Å²) in [6.45, 7) is 1.93. The van der Waals surface area contributed by atoms with Crippen LogP contribution in [0.2, 0.25) is 0 Å². The zero-order valence-corrected chi connectivity index (χ0v) is 11.9. The van der Waals surface area contributed by atoms with Crippen LogP contribution in [0.4, 0.5) is 5.95 Å². The summed E-state index contributed by atoms with van der Waals surface area (Å²) >= 11 is 0. The number of nitrogens with one attached hydrogen (secondary N) is 1. The van der Waals surface area contributed by atoms with Crippen molar-refractivity contribution in [2.24, 2.45) is 7.05 Å². The molecule has 0 aliphatic heterocycles. The first-order valence-corrected chi connectivity index (χ1v) is 6.47. The van der Waals surface area contributed by atoms with Crippen LogP contribution in [0.3, 0.4) is 0 Å². The van der Waals surface area contributed by atoms with Crippen LogP contribution < -0.4 is 5.32 Å². The summed E-state index contributed by atoms with van der Waals surface area (Å²) < 4.78 is 1.48. The summed E-state index contributed by atoms with van der Waals surface area (Å²) in [6, 6.07) is 5.38. The molecule has 21 heavy (non-hydrogen) atoms. The second kappa shape index (κ2) is 6.68. The first kappa shape index (κ1) is 14.8. The molecule has 0 aliphatic rings. The van der Waals surface area contributed by atoms with E-state index in [-0.39, 0.29) is 12.5 Å². The SMILES string of the molecule is Cc1cc(C#CCCO)cc(C(=O)Nc2ncnn2C)c1. The van der Waals surface area contributed by atoms with Crippen LogP contribution in [-0.2, 0) is 7.05 Å². The molecule has 0 aliphatic carbocycles. The predicted molar refractivity (Wildman–Crippen MR) is 78.7 cm³/mol. The average Bonchev–Trinajstić information content (AvgIpc) is 2.84. The van der Waals surface area contributed by atoms with Gasteiger partial charge in [0.25, 0.3) is 5.91 Å². The molecule has 1 aromatic heterocycles. The van der Waals surface area contributed by atoms with Crippen molar-refractivity contribution in [2.75, 3.05) is 11.9 Å². The fraction of sp³-hybridized carbons (Fsp3) is 0.267. The molecule has 0 radical (unpaired) electrons. The van der Waals surface area contributed by atoms with Crippen molar-refractivity contribution in [2.45, 2.75) is 13.3 Å². The van der Waals surface area contributed by atoms with Crippen LogP contribution >= 0.6 is 0 Å². The van der Waals surface area contributed by atoms with Gasteiger partial charge in [-0.15, -0.1) is 0 Å². The molecule has 0 saturated heterocycles. The summed E-state index contributed by atoms with van der Waals surface area (Å²) in [5.74, 6) is 5.89. The summed E-state index contributed by atoms with van der Waals surface area (Å²) in [7, 11) is 1.70. The highest BCUT2D eigenvalue weighted by molar-refractivity contribution is 6.03. The number of aromatic nitrogens is 3. The Balaban J connectivity index is 2.21. The number of aliphatic hydroxyl groups is 1. The minimum atomic E-state index is -0.264. The van der Waals surface area contributed by atoms with E-state index >= 15 is 0 Å². The highest BCUT2D eigenvalue weighted by atomic mass is 16.2. The Morgan fingerprint density at radius 3 is 2.90 bits per heavy atom. The Labute approximate surface area is 122 Å². The lowest BCUT2D eigenvalue weighted by molar-refractivity contribution is 0.102. The number of carbonyl (C=O) groups is 1. The smallest absolute Gasteiger partial charge is 0.258 e. The van der Waals surface area contributed by atoms with E-state index in [9.17, 15) is 4.79 Å². The zero-order chi connectivity index (χ0) is 15.2. The lowest BCUT2D eigenvalue weighted by Crippen LogP contribution is -2.15. The van der Waals surface area contributed by atoms with Crippen molar-refractivity contribution in [1.82, 2.24) is 14.8 Å². The number of anilines is 1. The lowest BCUT2D eigenvalue weighted by atomic mass is 10.1. The van der Waals surface area contributed by atoms with Gasteiger partial charge in [0, 0.05) is 24.6 Å². The highest BCUT2D eigenvalue weighted by Crippen LogP contribution is 2.11. The lowest BCUT2D eigenvalue weighted by Gasteiger charge is -2.05. The number of benzene rings is 1. The van der Waals surface area contributed by atoms with E-state index in [1.165, 1.54) is 11.0 Å². The molecule has 6 nitrogen and oxygen atoms in total. The molecule has 2 N–H and O–H groups in total. The van der Waals surface area contributed by atoms with Gasteiger partial charge in [-0.1, -0.05) is 11.8 Å². The van der Waals surface area contributed by atoms with Crippen molar-refractivity contribution in [3.63, 3.8) is 0 Å². The molecule has 2 rings (SSSR count). The maximum Gasteiger partial charge on any atom is 0.258 e. The third kappa shape index (κ3) is 3.91. The van der Waals surface area contributed by atoms with Crippen LogP contribution in [0.1, 0.15) is 27.9 Å². The summed E-state index contributed by atoms with van der Waals surface area (Å²) in [5.41, 5.74) is 2.19. The first-order chi connectivity index (χ1) is 10.1. The molecule has 0 unspecified atom stereocenters. The fourth-order valence-electron chi connectivity index (χ4n) is 1.79. The Bertz CT molecular complexity index is 710. The first-order valence-electron chi connectivity index (χ1n) is 6.47. The van der Waals surface area contributed by atoms with Gasteiger partial charge in [0.15, 0.2) is 0 Å². The van der Waals surface area contributed by atoms with Crippen molar-refractivity contribution in [3.05, 3.63) is 41.2 Å². The van der Waals surface area contributed by atoms with E-state index < -0.39 is 0 Å². The maximum atomic E-state index is 12.2. The number of carbonyl (C=O) groups excluding carboxylic acids is 1. The van der Waals surface area contributed by atoms with Crippen molar-refractivity contribution in [3.8, 4) is 11.8 Å². The summed E-state index contributed by atoms with van der Waals surface area (Å²) in [4.78, 5) is 16.2. The number of aliphatic hydroxyl groups excluding tert-OH is 1. The molecular formula is C15H16N4O2. The maximum absolute atomic E-state index is 12.2.